The van der Waals surface area contributed by atoms with Crippen LogP contribution in [0.25, 0.3) is 10.1 Å². The number of fused-ring (bicyclic) bond motifs is 2. The molecule has 0 spiro atoms. The van der Waals surface area contributed by atoms with Crippen LogP contribution in [0, 0.1) is 0 Å². The molecular formula is C15H16N2O2S. The zero-order chi connectivity index (χ0) is 14.1. The molecule has 1 aromatic heterocycles. The Kier molecular flexibility index (Phi) is 3.54. The Morgan fingerprint density at radius 2 is 2.15 bits per heavy atom. The number of benzene rings is 1. The molecule has 1 aromatic carbocycles. The Balaban J connectivity index is 1.94. The first kappa shape index (κ1) is 13.3. The minimum absolute atomic E-state index is 0.137. The van der Waals surface area contributed by atoms with Gasteiger partial charge in [0.2, 0.25) is 5.91 Å². The van der Waals surface area contributed by atoms with E-state index in [1.807, 2.05) is 24.3 Å². The van der Waals surface area contributed by atoms with E-state index < -0.39 is 0 Å². The first-order chi connectivity index (χ1) is 9.65. The second-order valence-corrected chi connectivity index (χ2v) is 6.21. The monoisotopic (exact) mass is 288 g/mol. The summed E-state index contributed by atoms with van der Waals surface area (Å²) in [5.41, 5.74) is 6.21. The van der Waals surface area contributed by atoms with E-state index in [9.17, 15) is 9.59 Å². The lowest BCUT2D eigenvalue weighted by atomic mass is 10.1. The highest BCUT2D eigenvalue weighted by Crippen LogP contribution is 2.26. The maximum Gasteiger partial charge on any atom is 0.218 e. The summed E-state index contributed by atoms with van der Waals surface area (Å²) in [6, 6.07) is 7.75. The lowest BCUT2D eigenvalue weighted by molar-refractivity contribution is -0.118. The summed E-state index contributed by atoms with van der Waals surface area (Å²) in [4.78, 5) is 26.7. The molecule has 0 fully saturated rings. The summed E-state index contributed by atoms with van der Waals surface area (Å²) in [5.74, 6) is -0.292. The molecule has 5 heteroatoms. The van der Waals surface area contributed by atoms with Crippen LogP contribution in [0.3, 0.4) is 0 Å². The number of hydrogen-bond donors (Lipinski definition) is 1. The second kappa shape index (κ2) is 5.34. The molecule has 1 amide bonds. The van der Waals surface area contributed by atoms with Crippen LogP contribution in [0.2, 0.25) is 0 Å². The molecule has 0 saturated heterocycles. The first-order valence-electron chi connectivity index (χ1n) is 6.69. The number of nitrogens with zero attached hydrogens (tertiary/aromatic N) is 1. The van der Waals surface area contributed by atoms with Crippen LogP contribution in [0.4, 0.5) is 0 Å². The highest BCUT2D eigenvalue weighted by molar-refractivity contribution is 7.18. The zero-order valence-electron chi connectivity index (χ0n) is 11.1. The molecule has 2 aromatic rings. The smallest absolute Gasteiger partial charge is 0.218 e. The Labute approximate surface area is 120 Å². The summed E-state index contributed by atoms with van der Waals surface area (Å²) < 4.78 is 1.06. The second-order valence-electron chi connectivity index (χ2n) is 5.07. The van der Waals surface area contributed by atoms with Crippen molar-refractivity contribution in [3.8, 4) is 0 Å². The van der Waals surface area contributed by atoms with Crippen LogP contribution >= 0.6 is 11.3 Å². The summed E-state index contributed by atoms with van der Waals surface area (Å²) in [7, 11) is 0. The van der Waals surface area contributed by atoms with Crippen molar-refractivity contribution in [2.24, 2.45) is 5.73 Å². The van der Waals surface area contributed by atoms with Crippen LogP contribution in [-0.4, -0.2) is 23.9 Å². The third-order valence-electron chi connectivity index (χ3n) is 3.69. The van der Waals surface area contributed by atoms with Crippen LogP contribution in [-0.2, 0) is 17.8 Å². The highest BCUT2D eigenvalue weighted by Gasteiger charge is 2.21. The number of amides is 1. The molecule has 0 aliphatic carbocycles. The topological polar surface area (TPSA) is 63.4 Å². The van der Waals surface area contributed by atoms with E-state index in [1.165, 1.54) is 4.88 Å². The van der Waals surface area contributed by atoms with Crippen molar-refractivity contribution in [1.29, 1.82) is 0 Å². The molecule has 3 rings (SSSR count). The minimum atomic E-state index is -0.292. The highest BCUT2D eigenvalue weighted by atomic mass is 32.1. The predicted octanol–water partition coefficient (Wildman–Crippen LogP) is 1.50. The zero-order valence-corrected chi connectivity index (χ0v) is 11.9. The van der Waals surface area contributed by atoms with Crippen LogP contribution in [0.5, 0.6) is 0 Å². The molecule has 2 heterocycles. The Morgan fingerprint density at radius 1 is 1.35 bits per heavy atom. The third kappa shape index (κ3) is 2.46. The van der Waals surface area contributed by atoms with Crippen molar-refractivity contribution in [3.05, 3.63) is 44.9 Å². The standard InChI is InChI=1S/C15H16N2O2S/c16-14(18)6-8-17-7-5-13-11(9-17)15(19)10-3-1-2-4-12(10)20-13/h1-4H,5-9H2,(H2,16,18). The SMILES string of the molecule is NC(=O)CCN1CCc2sc3ccccc3c(=O)c2C1. The van der Waals surface area contributed by atoms with E-state index in [1.54, 1.807) is 11.3 Å². The maximum absolute atomic E-state index is 12.5. The maximum atomic E-state index is 12.5. The average molecular weight is 288 g/mol. The quantitative estimate of drug-likeness (QED) is 0.931. The average Bonchev–Trinajstić information content (AvgIpc) is 2.46. The molecule has 4 nitrogen and oxygen atoms in total. The van der Waals surface area contributed by atoms with Crippen molar-refractivity contribution in [2.45, 2.75) is 19.4 Å². The molecular weight excluding hydrogens is 272 g/mol. The number of carbonyl (C=O) groups is 1. The summed E-state index contributed by atoms with van der Waals surface area (Å²) in [6.07, 6.45) is 1.22. The summed E-state index contributed by atoms with van der Waals surface area (Å²) in [5, 5.41) is 0.799. The van der Waals surface area contributed by atoms with Gasteiger partial charge in [-0.2, -0.15) is 0 Å². The van der Waals surface area contributed by atoms with Gasteiger partial charge in [0.15, 0.2) is 5.43 Å². The van der Waals surface area contributed by atoms with Gasteiger partial charge in [-0.25, -0.2) is 0 Å². The van der Waals surface area contributed by atoms with E-state index in [-0.39, 0.29) is 11.3 Å². The van der Waals surface area contributed by atoms with Gasteiger partial charge in [-0.3, -0.25) is 14.5 Å². The van der Waals surface area contributed by atoms with Gasteiger partial charge in [0.1, 0.15) is 0 Å². The van der Waals surface area contributed by atoms with Gasteiger partial charge in [0, 0.05) is 46.6 Å². The summed E-state index contributed by atoms with van der Waals surface area (Å²) >= 11 is 1.71. The van der Waals surface area contributed by atoms with Crippen molar-refractivity contribution in [2.75, 3.05) is 13.1 Å². The largest absolute Gasteiger partial charge is 0.370 e. The molecule has 0 bridgehead atoms. The number of hydrogen-bond acceptors (Lipinski definition) is 4. The molecule has 20 heavy (non-hydrogen) atoms. The fourth-order valence-corrected chi connectivity index (χ4v) is 3.77. The molecule has 0 unspecified atom stereocenters. The van der Waals surface area contributed by atoms with E-state index in [0.29, 0.717) is 19.5 Å². The van der Waals surface area contributed by atoms with Crippen LogP contribution < -0.4 is 11.2 Å². The predicted molar refractivity (Wildman–Crippen MR) is 80.9 cm³/mol. The van der Waals surface area contributed by atoms with Crippen LogP contribution in [0.1, 0.15) is 16.9 Å². The number of carbonyl (C=O) groups excluding carboxylic acids is 1. The molecule has 0 radical (unpaired) electrons. The van der Waals surface area contributed by atoms with Gasteiger partial charge in [0.05, 0.1) is 0 Å². The van der Waals surface area contributed by atoms with Gasteiger partial charge in [-0.05, 0) is 18.6 Å². The molecule has 0 atom stereocenters. The molecule has 2 N–H and O–H groups in total. The van der Waals surface area contributed by atoms with Gasteiger partial charge in [0.25, 0.3) is 0 Å². The Hall–Kier alpha value is -1.72. The fourth-order valence-electron chi connectivity index (χ4n) is 2.61. The molecule has 0 saturated carbocycles. The first-order valence-corrected chi connectivity index (χ1v) is 7.51. The lowest BCUT2D eigenvalue weighted by Crippen LogP contribution is -2.35. The van der Waals surface area contributed by atoms with Gasteiger partial charge in [-0.1, -0.05) is 12.1 Å². The molecule has 1 aliphatic heterocycles. The summed E-state index contributed by atoms with van der Waals surface area (Å²) in [6.45, 7) is 2.14. The van der Waals surface area contributed by atoms with E-state index in [2.05, 4.69) is 4.90 Å². The number of nitrogens with two attached hydrogens (primary N) is 1. The van der Waals surface area contributed by atoms with E-state index in [4.69, 9.17) is 5.73 Å². The fraction of sp³-hybridized carbons (Fsp3) is 0.333. The van der Waals surface area contributed by atoms with Gasteiger partial charge in [-0.15, -0.1) is 11.3 Å². The van der Waals surface area contributed by atoms with Gasteiger partial charge < -0.3 is 5.73 Å². The minimum Gasteiger partial charge on any atom is -0.370 e. The lowest BCUT2D eigenvalue weighted by Gasteiger charge is -2.27. The number of rotatable bonds is 3. The van der Waals surface area contributed by atoms with Crippen molar-refractivity contribution in [1.82, 2.24) is 4.90 Å². The van der Waals surface area contributed by atoms with Crippen molar-refractivity contribution < 1.29 is 4.79 Å². The normalized spacial score (nSPS) is 15.2. The van der Waals surface area contributed by atoms with E-state index >= 15 is 0 Å². The van der Waals surface area contributed by atoms with Crippen LogP contribution in [0.15, 0.2) is 29.1 Å². The molecule has 1 aliphatic rings. The van der Waals surface area contributed by atoms with Gasteiger partial charge >= 0.3 is 0 Å². The Bertz CT molecular complexity index is 723. The van der Waals surface area contributed by atoms with E-state index in [0.717, 1.165) is 28.6 Å². The third-order valence-corrected chi connectivity index (χ3v) is 4.96. The number of primary amides is 1. The Morgan fingerprint density at radius 3 is 2.95 bits per heavy atom. The van der Waals surface area contributed by atoms with Crippen molar-refractivity contribution in [3.63, 3.8) is 0 Å². The van der Waals surface area contributed by atoms with Crippen molar-refractivity contribution >= 4 is 27.3 Å². The molecule has 104 valence electrons.